The predicted octanol–water partition coefficient (Wildman–Crippen LogP) is -0.918. The molecule has 2 fully saturated rings. The molecule has 0 aromatic carbocycles. The van der Waals surface area contributed by atoms with Crippen LogP contribution in [-0.4, -0.2) is 60.3 Å². The summed E-state index contributed by atoms with van der Waals surface area (Å²) in [5, 5.41) is 30.3. The number of fused-ring (bicyclic) bond motifs is 2. The van der Waals surface area contributed by atoms with Gasteiger partial charge >= 0.3 is 6.01 Å². The first-order valence-electron chi connectivity index (χ1n) is 7.63. The van der Waals surface area contributed by atoms with E-state index in [1.165, 1.54) is 6.33 Å². The lowest BCUT2D eigenvalue weighted by Crippen LogP contribution is -2.35. The van der Waals surface area contributed by atoms with Gasteiger partial charge in [-0.3, -0.25) is 0 Å². The summed E-state index contributed by atoms with van der Waals surface area (Å²) in [6.07, 6.45) is 0.235. The molecule has 0 radical (unpaired) electrons. The predicted molar refractivity (Wildman–Crippen MR) is 79.6 cm³/mol. The molecule has 2 heterocycles. The van der Waals surface area contributed by atoms with Crippen molar-refractivity contribution in [3.05, 3.63) is 6.33 Å². The third kappa shape index (κ3) is 1.81. The summed E-state index contributed by atoms with van der Waals surface area (Å²) in [6, 6.07) is -0.262. The number of nitrogens with zero attached hydrogens (tertiary/aromatic N) is 4. The Morgan fingerprint density at radius 3 is 2.87 bits per heavy atom. The highest BCUT2D eigenvalue weighted by molar-refractivity contribution is 5.82. The van der Waals surface area contributed by atoms with Gasteiger partial charge in [-0.15, -0.1) is 0 Å². The number of rotatable bonds is 4. The van der Waals surface area contributed by atoms with E-state index in [-0.39, 0.29) is 24.4 Å². The van der Waals surface area contributed by atoms with Crippen LogP contribution < -0.4 is 10.5 Å². The lowest BCUT2D eigenvalue weighted by molar-refractivity contribution is -0.0300. The highest BCUT2D eigenvalue weighted by Gasteiger charge is 2.71. The molecule has 9 nitrogen and oxygen atoms in total. The van der Waals surface area contributed by atoms with Gasteiger partial charge in [0, 0.05) is 5.41 Å². The van der Waals surface area contributed by atoms with Crippen LogP contribution in [0.3, 0.4) is 0 Å². The van der Waals surface area contributed by atoms with Crippen LogP contribution in [0, 0.1) is 11.3 Å². The molecule has 2 saturated carbocycles. The van der Waals surface area contributed by atoms with E-state index in [0.717, 1.165) is 0 Å². The van der Waals surface area contributed by atoms with Gasteiger partial charge < -0.3 is 30.4 Å². The van der Waals surface area contributed by atoms with Gasteiger partial charge in [-0.05, 0) is 19.3 Å². The van der Waals surface area contributed by atoms with E-state index in [0.29, 0.717) is 24.2 Å². The molecule has 0 aliphatic heterocycles. The second-order valence-corrected chi connectivity index (χ2v) is 6.28. The maximum absolute atomic E-state index is 10.4. The van der Waals surface area contributed by atoms with Crippen LogP contribution >= 0.6 is 0 Å². The maximum Gasteiger partial charge on any atom is 0.320 e. The molecule has 5 atom stereocenters. The average Bonchev–Trinajstić information content (AvgIpc) is 3.04. The van der Waals surface area contributed by atoms with Crippen molar-refractivity contribution >= 4 is 17.0 Å². The molecule has 2 aliphatic rings. The van der Waals surface area contributed by atoms with Gasteiger partial charge in [0.1, 0.15) is 6.10 Å². The summed E-state index contributed by atoms with van der Waals surface area (Å²) in [5.74, 6) is 0.177. The Morgan fingerprint density at radius 2 is 2.22 bits per heavy atom. The molecule has 5 N–H and O–H groups in total. The largest absolute Gasteiger partial charge is 0.464 e. The number of hydrogen-bond acceptors (Lipinski definition) is 8. The monoisotopic (exact) mass is 321 g/mol. The molecular weight excluding hydrogens is 302 g/mol. The number of nitrogens with two attached hydrogens (primary N) is 1. The number of nitrogen functional groups attached to an aromatic ring is 1. The molecule has 2 aliphatic carbocycles. The Hall–Kier alpha value is -1.97. The highest BCUT2D eigenvalue weighted by Crippen LogP contribution is 2.67. The number of ether oxygens (including phenoxy) is 1. The Morgan fingerprint density at radius 1 is 1.43 bits per heavy atom. The van der Waals surface area contributed by atoms with E-state index in [4.69, 9.17) is 10.5 Å². The van der Waals surface area contributed by atoms with Gasteiger partial charge in [-0.25, -0.2) is 4.98 Å². The van der Waals surface area contributed by atoms with Gasteiger partial charge in [-0.2, -0.15) is 9.97 Å². The summed E-state index contributed by atoms with van der Waals surface area (Å²) >= 11 is 0. The van der Waals surface area contributed by atoms with Crippen molar-refractivity contribution in [2.24, 2.45) is 11.3 Å². The number of aliphatic hydroxyl groups excluding tert-OH is 3. The SMILES string of the molecule is CCOc1nc(N)c2ncn([C@H]3C(O)[C@@H](O)[C@]4(CO)C[C@H]34)c2n1. The first-order valence-corrected chi connectivity index (χ1v) is 7.63. The average molecular weight is 321 g/mol. The van der Waals surface area contributed by atoms with E-state index >= 15 is 0 Å². The zero-order chi connectivity index (χ0) is 16.4. The van der Waals surface area contributed by atoms with Crippen LogP contribution in [0.25, 0.3) is 11.2 Å². The van der Waals surface area contributed by atoms with Crippen molar-refractivity contribution in [2.75, 3.05) is 18.9 Å². The molecule has 0 bridgehead atoms. The molecule has 2 aromatic rings. The number of anilines is 1. The lowest BCUT2D eigenvalue weighted by atomic mass is 10.0. The van der Waals surface area contributed by atoms with E-state index < -0.39 is 23.7 Å². The van der Waals surface area contributed by atoms with Gasteiger partial charge in [0.05, 0.1) is 31.7 Å². The zero-order valence-electron chi connectivity index (χ0n) is 12.6. The molecule has 2 aromatic heterocycles. The number of aromatic nitrogens is 4. The Labute approximate surface area is 131 Å². The minimum Gasteiger partial charge on any atom is -0.464 e. The van der Waals surface area contributed by atoms with E-state index in [2.05, 4.69) is 15.0 Å². The molecule has 124 valence electrons. The summed E-state index contributed by atoms with van der Waals surface area (Å²) in [6.45, 7) is 2.07. The molecule has 0 saturated heterocycles. The molecule has 4 rings (SSSR count). The molecule has 1 unspecified atom stereocenters. The van der Waals surface area contributed by atoms with Crippen molar-refractivity contribution < 1.29 is 20.1 Å². The quantitative estimate of drug-likeness (QED) is 0.567. The fraction of sp³-hybridized carbons (Fsp3) is 0.643. The second-order valence-electron chi connectivity index (χ2n) is 6.28. The van der Waals surface area contributed by atoms with E-state index in [9.17, 15) is 15.3 Å². The smallest absolute Gasteiger partial charge is 0.320 e. The minimum absolute atomic E-state index is 0.0263. The first-order chi connectivity index (χ1) is 11.0. The van der Waals surface area contributed by atoms with Crippen molar-refractivity contribution in [1.82, 2.24) is 19.5 Å². The molecule has 0 spiro atoms. The highest BCUT2D eigenvalue weighted by atomic mass is 16.5. The summed E-state index contributed by atoms with van der Waals surface area (Å²) in [4.78, 5) is 12.6. The number of hydrogen-bond donors (Lipinski definition) is 4. The summed E-state index contributed by atoms with van der Waals surface area (Å²) in [5.41, 5.74) is 6.16. The third-order valence-corrected chi connectivity index (χ3v) is 5.17. The topological polar surface area (TPSA) is 140 Å². The fourth-order valence-corrected chi connectivity index (χ4v) is 3.88. The van der Waals surface area contributed by atoms with Crippen molar-refractivity contribution in [3.63, 3.8) is 0 Å². The van der Waals surface area contributed by atoms with Crippen LogP contribution in [0.15, 0.2) is 6.33 Å². The van der Waals surface area contributed by atoms with Crippen LogP contribution in [0.1, 0.15) is 19.4 Å². The third-order valence-electron chi connectivity index (χ3n) is 5.17. The molecule has 9 heteroatoms. The maximum atomic E-state index is 10.4. The fourth-order valence-electron chi connectivity index (χ4n) is 3.88. The molecule has 0 amide bonds. The van der Waals surface area contributed by atoms with Crippen LogP contribution in [-0.2, 0) is 0 Å². The zero-order valence-corrected chi connectivity index (χ0v) is 12.6. The Kier molecular flexibility index (Phi) is 3.03. The van der Waals surface area contributed by atoms with Gasteiger partial charge in [0.15, 0.2) is 17.0 Å². The summed E-state index contributed by atoms with van der Waals surface area (Å²) in [7, 11) is 0. The first kappa shape index (κ1) is 14.6. The second kappa shape index (κ2) is 4.76. The van der Waals surface area contributed by atoms with Crippen LogP contribution in [0.4, 0.5) is 5.82 Å². The summed E-state index contributed by atoms with van der Waals surface area (Å²) < 4.78 is 7.02. The Balaban J connectivity index is 1.81. The van der Waals surface area contributed by atoms with E-state index in [1.54, 1.807) is 4.57 Å². The van der Waals surface area contributed by atoms with Crippen molar-refractivity contribution in [2.45, 2.75) is 31.6 Å². The minimum atomic E-state index is -0.995. The molecule has 23 heavy (non-hydrogen) atoms. The van der Waals surface area contributed by atoms with Crippen molar-refractivity contribution in [3.8, 4) is 6.01 Å². The number of aliphatic hydroxyl groups is 3. The van der Waals surface area contributed by atoms with Crippen LogP contribution in [0.5, 0.6) is 6.01 Å². The van der Waals surface area contributed by atoms with E-state index in [1.807, 2.05) is 6.92 Å². The molecular formula is C14H19N5O4. The van der Waals surface area contributed by atoms with Gasteiger partial charge in [0.2, 0.25) is 0 Å². The lowest BCUT2D eigenvalue weighted by Gasteiger charge is -2.23. The van der Waals surface area contributed by atoms with Gasteiger partial charge in [-0.1, -0.05) is 0 Å². The normalized spacial score (nSPS) is 35.5. The van der Waals surface area contributed by atoms with Crippen LogP contribution in [0.2, 0.25) is 0 Å². The number of imidazole rings is 1. The van der Waals surface area contributed by atoms with Crippen molar-refractivity contribution in [1.29, 1.82) is 0 Å². The Bertz CT molecular complexity index is 765. The standard InChI is InChI=1S/C14H19N5O4/c1-2-23-13-17-11(15)7-12(18-13)19(5-16-7)8-6-3-14(6,4-20)10(22)9(8)21/h5-6,8-10,20-22H,2-4H2,1H3,(H2,15,17,18)/t6-,8-,9?,10-,14+/m1/s1. The van der Waals surface area contributed by atoms with Gasteiger partial charge in [0.25, 0.3) is 0 Å².